The lowest BCUT2D eigenvalue weighted by molar-refractivity contribution is -0.120. The molecule has 1 fully saturated rings. The lowest BCUT2D eigenvalue weighted by Crippen LogP contribution is -2.38. The van der Waals surface area contributed by atoms with E-state index in [0.717, 1.165) is 31.9 Å². The number of hydrogen-bond acceptors (Lipinski definition) is 4. The lowest BCUT2D eigenvalue weighted by atomic mass is 9.96. The minimum Gasteiger partial charge on any atom is -0.356 e. The van der Waals surface area contributed by atoms with Gasteiger partial charge in [0.15, 0.2) is 0 Å². The van der Waals surface area contributed by atoms with Crippen molar-refractivity contribution in [3.63, 3.8) is 0 Å². The molecule has 0 spiro atoms. The second kappa shape index (κ2) is 10.00. The lowest BCUT2D eigenvalue weighted by Gasteiger charge is -2.31. The molecule has 25 heavy (non-hydrogen) atoms. The molecule has 0 atom stereocenters. The Morgan fingerprint density at radius 1 is 1.16 bits per heavy atom. The Morgan fingerprint density at radius 3 is 2.68 bits per heavy atom. The number of carbonyl (C=O) groups is 1. The summed E-state index contributed by atoms with van der Waals surface area (Å²) < 4.78 is 0. The smallest absolute Gasteiger partial charge is 0.220 e. The van der Waals surface area contributed by atoms with Gasteiger partial charge in [0.2, 0.25) is 5.91 Å². The number of likely N-dealkylation sites (tertiary alicyclic amines) is 1. The molecule has 0 radical (unpaired) electrons. The van der Waals surface area contributed by atoms with E-state index in [1.807, 2.05) is 29.5 Å². The Hall–Kier alpha value is -1.30. The predicted octanol–water partition coefficient (Wildman–Crippen LogP) is 4.26. The molecule has 2 heterocycles. The highest BCUT2D eigenvalue weighted by atomic mass is 32.2. The number of nitrogens with one attached hydrogen (secondary N) is 1. The second-order valence-corrected chi connectivity index (χ2v) is 8.72. The molecule has 134 valence electrons. The van der Waals surface area contributed by atoms with Crippen molar-refractivity contribution in [1.29, 1.82) is 0 Å². The van der Waals surface area contributed by atoms with E-state index >= 15 is 0 Å². The molecule has 0 aliphatic carbocycles. The van der Waals surface area contributed by atoms with Gasteiger partial charge in [-0.3, -0.25) is 9.69 Å². The standard InChI is InChI=1S/C20H26N2OS2/c23-20(10-14-25-18-5-2-1-3-6-18)21-15-17-8-11-22(12-9-17)16-19-7-4-13-24-19/h1-7,13,17H,8-12,14-16H2,(H,21,23). The van der Waals surface area contributed by atoms with Crippen LogP contribution in [0.15, 0.2) is 52.7 Å². The molecule has 1 saturated heterocycles. The molecule has 1 N–H and O–H groups in total. The van der Waals surface area contributed by atoms with Crippen molar-refractivity contribution < 1.29 is 4.79 Å². The fourth-order valence-corrected chi connectivity index (χ4v) is 4.72. The molecule has 5 heteroatoms. The number of amides is 1. The van der Waals surface area contributed by atoms with Crippen LogP contribution in [0.2, 0.25) is 0 Å². The zero-order chi connectivity index (χ0) is 17.3. The van der Waals surface area contributed by atoms with Crippen LogP contribution in [0, 0.1) is 5.92 Å². The van der Waals surface area contributed by atoms with Crippen LogP contribution in [0.1, 0.15) is 24.1 Å². The van der Waals surface area contributed by atoms with E-state index in [9.17, 15) is 4.79 Å². The molecule has 1 aromatic carbocycles. The van der Waals surface area contributed by atoms with E-state index < -0.39 is 0 Å². The Labute approximate surface area is 158 Å². The first kappa shape index (κ1) is 18.5. The van der Waals surface area contributed by atoms with Gasteiger partial charge >= 0.3 is 0 Å². The number of benzene rings is 1. The van der Waals surface area contributed by atoms with E-state index in [2.05, 4.69) is 39.9 Å². The van der Waals surface area contributed by atoms with Gasteiger partial charge in [0, 0.05) is 35.0 Å². The maximum Gasteiger partial charge on any atom is 0.220 e. The van der Waals surface area contributed by atoms with Gasteiger partial charge in [-0.25, -0.2) is 0 Å². The summed E-state index contributed by atoms with van der Waals surface area (Å²) in [6.45, 7) is 4.19. The summed E-state index contributed by atoms with van der Waals surface area (Å²) in [7, 11) is 0. The van der Waals surface area contributed by atoms with Gasteiger partial charge in [0.1, 0.15) is 0 Å². The summed E-state index contributed by atoms with van der Waals surface area (Å²) >= 11 is 3.58. The Kier molecular flexibility index (Phi) is 7.39. The summed E-state index contributed by atoms with van der Waals surface area (Å²) in [5.41, 5.74) is 0. The van der Waals surface area contributed by atoms with Crippen LogP contribution in [0.25, 0.3) is 0 Å². The molecule has 0 unspecified atom stereocenters. The van der Waals surface area contributed by atoms with E-state index in [0.29, 0.717) is 12.3 Å². The topological polar surface area (TPSA) is 32.3 Å². The van der Waals surface area contributed by atoms with Gasteiger partial charge in [-0.05, 0) is 55.4 Å². The average molecular weight is 375 g/mol. The maximum absolute atomic E-state index is 12.0. The first-order valence-electron chi connectivity index (χ1n) is 8.99. The summed E-state index contributed by atoms with van der Waals surface area (Å²) in [5, 5.41) is 5.28. The van der Waals surface area contributed by atoms with Crippen LogP contribution in [-0.4, -0.2) is 36.2 Å². The highest BCUT2D eigenvalue weighted by molar-refractivity contribution is 7.99. The molecule has 3 rings (SSSR count). The highest BCUT2D eigenvalue weighted by Crippen LogP contribution is 2.20. The zero-order valence-corrected chi connectivity index (χ0v) is 16.2. The molecule has 1 amide bonds. The van der Waals surface area contributed by atoms with Crippen LogP contribution >= 0.6 is 23.1 Å². The minimum absolute atomic E-state index is 0.185. The third-order valence-electron chi connectivity index (χ3n) is 4.60. The van der Waals surface area contributed by atoms with Gasteiger partial charge in [0.25, 0.3) is 0 Å². The molecule has 1 aliphatic heterocycles. The maximum atomic E-state index is 12.0. The average Bonchev–Trinajstić information content (AvgIpc) is 3.15. The molecule has 2 aromatic rings. The molecule has 0 saturated carbocycles. The first-order valence-corrected chi connectivity index (χ1v) is 10.9. The number of rotatable bonds is 8. The minimum atomic E-state index is 0.185. The van der Waals surface area contributed by atoms with Gasteiger partial charge < -0.3 is 5.32 Å². The summed E-state index contributed by atoms with van der Waals surface area (Å²) in [6, 6.07) is 14.6. The third-order valence-corrected chi connectivity index (χ3v) is 6.47. The highest BCUT2D eigenvalue weighted by Gasteiger charge is 2.19. The normalized spacial score (nSPS) is 16.0. The number of piperidine rings is 1. The van der Waals surface area contributed by atoms with Gasteiger partial charge in [0.05, 0.1) is 0 Å². The van der Waals surface area contributed by atoms with E-state index in [1.54, 1.807) is 11.8 Å². The van der Waals surface area contributed by atoms with Crippen LogP contribution in [0.4, 0.5) is 0 Å². The molecule has 1 aliphatic rings. The van der Waals surface area contributed by atoms with E-state index in [1.165, 1.54) is 22.6 Å². The van der Waals surface area contributed by atoms with Gasteiger partial charge in [-0.2, -0.15) is 0 Å². The van der Waals surface area contributed by atoms with Crippen LogP contribution in [0.3, 0.4) is 0 Å². The number of carbonyl (C=O) groups excluding carboxylic acids is 1. The number of nitrogens with zero attached hydrogens (tertiary/aromatic N) is 1. The number of thioether (sulfide) groups is 1. The predicted molar refractivity (Wildman–Crippen MR) is 107 cm³/mol. The third kappa shape index (κ3) is 6.49. The van der Waals surface area contributed by atoms with E-state index in [4.69, 9.17) is 0 Å². The van der Waals surface area contributed by atoms with Gasteiger partial charge in [-0.1, -0.05) is 24.3 Å². The second-order valence-electron chi connectivity index (χ2n) is 6.51. The Morgan fingerprint density at radius 2 is 1.96 bits per heavy atom. The summed E-state index contributed by atoms with van der Waals surface area (Å²) in [6.07, 6.45) is 2.96. The zero-order valence-electron chi connectivity index (χ0n) is 14.5. The molecular formula is C20H26N2OS2. The quantitative estimate of drug-likeness (QED) is 0.701. The van der Waals surface area contributed by atoms with Crippen molar-refractivity contribution >= 4 is 29.0 Å². The Balaban J connectivity index is 1.27. The van der Waals surface area contributed by atoms with Crippen molar-refractivity contribution in [2.24, 2.45) is 5.92 Å². The number of hydrogen-bond donors (Lipinski definition) is 1. The van der Waals surface area contributed by atoms with Crippen molar-refractivity contribution in [3.8, 4) is 0 Å². The summed E-state index contributed by atoms with van der Waals surface area (Å²) in [5.74, 6) is 1.66. The fourth-order valence-electron chi connectivity index (χ4n) is 3.10. The molecule has 3 nitrogen and oxygen atoms in total. The van der Waals surface area contributed by atoms with Crippen molar-refractivity contribution in [2.75, 3.05) is 25.4 Å². The first-order chi connectivity index (χ1) is 12.3. The van der Waals surface area contributed by atoms with Crippen molar-refractivity contribution in [2.45, 2.75) is 30.7 Å². The molecule has 0 bridgehead atoms. The van der Waals surface area contributed by atoms with Crippen LogP contribution in [-0.2, 0) is 11.3 Å². The fraction of sp³-hybridized carbons (Fsp3) is 0.450. The van der Waals surface area contributed by atoms with Crippen LogP contribution in [0.5, 0.6) is 0 Å². The monoisotopic (exact) mass is 374 g/mol. The van der Waals surface area contributed by atoms with Crippen molar-refractivity contribution in [3.05, 3.63) is 52.7 Å². The van der Waals surface area contributed by atoms with E-state index in [-0.39, 0.29) is 5.91 Å². The van der Waals surface area contributed by atoms with Crippen LogP contribution < -0.4 is 5.32 Å². The summed E-state index contributed by atoms with van der Waals surface area (Å²) in [4.78, 5) is 17.2. The Bertz CT molecular complexity index is 622. The molecule has 1 aromatic heterocycles. The molecular weight excluding hydrogens is 348 g/mol. The number of thiophene rings is 1. The largest absolute Gasteiger partial charge is 0.356 e. The SMILES string of the molecule is O=C(CCSc1ccccc1)NCC1CCN(Cc2cccs2)CC1. The van der Waals surface area contributed by atoms with Crippen molar-refractivity contribution in [1.82, 2.24) is 10.2 Å². The van der Waals surface area contributed by atoms with Gasteiger partial charge in [-0.15, -0.1) is 23.1 Å².